The highest BCUT2D eigenvalue weighted by Gasteiger charge is 2.24. The van der Waals surface area contributed by atoms with Crippen molar-refractivity contribution in [3.05, 3.63) is 53.6 Å². The first-order valence-electron chi connectivity index (χ1n) is 9.84. The molecule has 0 saturated carbocycles. The highest BCUT2D eigenvalue weighted by atomic mass is 16.5. The van der Waals surface area contributed by atoms with Crippen LogP contribution in [-0.4, -0.2) is 57.3 Å². The Hall–Kier alpha value is -2.73. The number of hydrogen-bond acceptors (Lipinski definition) is 4. The van der Waals surface area contributed by atoms with Gasteiger partial charge < -0.3 is 24.0 Å². The molecule has 148 valence electrons. The van der Waals surface area contributed by atoms with Crippen molar-refractivity contribution in [2.75, 3.05) is 46.5 Å². The van der Waals surface area contributed by atoms with Gasteiger partial charge in [0.2, 0.25) is 0 Å². The summed E-state index contributed by atoms with van der Waals surface area (Å²) >= 11 is 0. The van der Waals surface area contributed by atoms with Crippen molar-refractivity contribution in [2.45, 2.75) is 13.0 Å². The Morgan fingerprint density at radius 1 is 1.11 bits per heavy atom. The van der Waals surface area contributed by atoms with E-state index in [1.165, 1.54) is 16.0 Å². The monoisotopic (exact) mass is 383 g/mol. The molecule has 2 aliphatic rings. The molecule has 0 radical (unpaired) electrons. The van der Waals surface area contributed by atoms with E-state index in [9.17, 15) is 4.79 Å². The fraction of sp³-hybridized carbons (Fsp3) is 0.409. The lowest BCUT2D eigenvalue weighted by Gasteiger charge is -2.32. The van der Waals surface area contributed by atoms with Crippen molar-refractivity contribution in [1.29, 1.82) is 0 Å². The van der Waals surface area contributed by atoms with Crippen molar-refractivity contribution in [1.82, 2.24) is 4.90 Å². The molecule has 1 amide bonds. The number of piperazine rings is 1. The minimum atomic E-state index is 0.0459. The Morgan fingerprint density at radius 2 is 1.86 bits per heavy atom. The molecule has 2 aromatic carbocycles. The van der Waals surface area contributed by atoms with Crippen LogP contribution < -0.4 is 19.1 Å². The normalized spacial score (nSPS) is 16.4. The maximum Gasteiger partial charge on any atom is 0.260 e. The van der Waals surface area contributed by atoms with Crippen LogP contribution in [0, 0.1) is 0 Å². The van der Waals surface area contributed by atoms with Crippen LogP contribution in [0.4, 0.5) is 0 Å². The summed E-state index contributed by atoms with van der Waals surface area (Å²) in [6.45, 7) is 5.33. The van der Waals surface area contributed by atoms with Gasteiger partial charge in [-0.25, -0.2) is 0 Å². The first-order chi connectivity index (χ1) is 13.7. The second kappa shape index (κ2) is 8.52. The number of rotatable bonds is 6. The van der Waals surface area contributed by atoms with Gasteiger partial charge in [0.25, 0.3) is 5.91 Å². The molecule has 0 bridgehead atoms. The average Bonchev–Trinajstić information content (AvgIpc) is 3.21. The number of nitrogens with one attached hydrogen (secondary N) is 1. The number of carbonyl (C=O) groups is 1. The van der Waals surface area contributed by atoms with Crippen molar-refractivity contribution in [3.63, 3.8) is 0 Å². The average molecular weight is 383 g/mol. The number of carbonyl (C=O) groups excluding carboxylic acids is 1. The van der Waals surface area contributed by atoms with Crippen LogP contribution in [0.25, 0.3) is 0 Å². The second-order valence-electron chi connectivity index (χ2n) is 7.31. The first kappa shape index (κ1) is 18.6. The van der Waals surface area contributed by atoms with E-state index >= 15 is 0 Å². The summed E-state index contributed by atoms with van der Waals surface area (Å²) in [4.78, 5) is 15.9. The van der Waals surface area contributed by atoms with E-state index in [1.807, 2.05) is 29.2 Å². The third-order valence-corrected chi connectivity index (χ3v) is 5.45. The van der Waals surface area contributed by atoms with Gasteiger partial charge in [-0.3, -0.25) is 4.79 Å². The molecule has 0 aromatic heterocycles. The van der Waals surface area contributed by atoms with Crippen molar-refractivity contribution < 1.29 is 23.9 Å². The molecule has 4 rings (SSSR count). The van der Waals surface area contributed by atoms with E-state index in [2.05, 4.69) is 18.2 Å². The lowest BCUT2D eigenvalue weighted by Crippen LogP contribution is -3.13. The van der Waals surface area contributed by atoms with E-state index in [4.69, 9.17) is 14.2 Å². The van der Waals surface area contributed by atoms with Crippen LogP contribution >= 0.6 is 0 Å². The third-order valence-electron chi connectivity index (χ3n) is 5.45. The molecular weight excluding hydrogens is 356 g/mol. The molecule has 28 heavy (non-hydrogen) atoms. The first-order valence-corrected chi connectivity index (χ1v) is 9.84. The lowest BCUT2D eigenvalue weighted by atomic mass is 10.1. The van der Waals surface area contributed by atoms with Crippen LogP contribution in [0.15, 0.2) is 42.5 Å². The maximum absolute atomic E-state index is 12.4. The highest BCUT2D eigenvalue weighted by Crippen LogP contribution is 2.25. The minimum Gasteiger partial charge on any atom is -0.497 e. The van der Waals surface area contributed by atoms with Gasteiger partial charge >= 0.3 is 0 Å². The predicted octanol–water partition coefficient (Wildman–Crippen LogP) is 0.936. The quantitative estimate of drug-likeness (QED) is 0.807. The number of nitrogens with zero attached hydrogens (tertiary/aromatic N) is 1. The van der Waals surface area contributed by atoms with E-state index in [0.717, 1.165) is 57.3 Å². The van der Waals surface area contributed by atoms with E-state index in [0.29, 0.717) is 5.75 Å². The maximum atomic E-state index is 12.4. The van der Waals surface area contributed by atoms with Gasteiger partial charge in [-0.15, -0.1) is 0 Å². The molecular formula is C22H27N2O4+. The molecule has 1 saturated heterocycles. The Balaban J connectivity index is 1.22. The van der Waals surface area contributed by atoms with Crippen LogP contribution in [0.2, 0.25) is 0 Å². The molecule has 1 fully saturated rings. The Morgan fingerprint density at radius 3 is 2.61 bits per heavy atom. The predicted molar refractivity (Wildman–Crippen MR) is 105 cm³/mol. The van der Waals surface area contributed by atoms with Crippen molar-refractivity contribution >= 4 is 5.91 Å². The molecule has 6 nitrogen and oxygen atoms in total. The SMILES string of the molecule is COc1ccc(OCC(=O)N2CC[NH+](Cc3ccc4c(c3)CCO4)CC2)cc1. The molecule has 2 heterocycles. The number of hydrogen-bond donors (Lipinski definition) is 1. The molecule has 6 heteroatoms. The topological polar surface area (TPSA) is 52.4 Å². The van der Waals surface area contributed by atoms with Gasteiger partial charge in [0.05, 0.1) is 39.9 Å². The van der Waals surface area contributed by atoms with E-state index in [-0.39, 0.29) is 12.5 Å². The molecule has 2 aromatic rings. The Bertz CT molecular complexity index is 814. The summed E-state index contributed by atoms with van der Waals surface area (Å²) in [7, 11) is 1.62. The fourth-order valence-electron chi connectivity index (χ4n) is 3.80. The fourth-order valence-corrected chi connectivity index (χ4v) is 3.80. The largest absolute Gasteiger partial charge is 0.497 e. The summed E-state index contributed by atoms with van der Waals surface area (Å²) in [5, 5.41) is 0. The highest BCUT2D eigenvalue weighted by molar-refractivity contribution is 5.77. The van der Waals surface area contributed by atoms with Gasteiger partial charge in [0.1, 0.15) is 23.8 Å². The van der Waals surface area contributed by atoms with Crippen molar-refractivity contribution in [2.24, 2.45) is 0 Å². The van der Waals surface area contributed by atoms with Crippen LogP contribution in [0.1, 0.15) is 11.1 Å². The summed E-state index contributed by atoms with van der Waals surface area (Å²) in [5.74, 6) is 2.53. The van der Waals surface area contributed by atoms with Crippen LogP contribution in [-0.2, 0) is 17.8 Å². The van der Waals surface area contributed by atoms with Gasteiger partial charge in [0, 0.05) is 12.0 Å². The zero-order valence-corrected chi connectivity index (χ0v) is 16.3. The zero-order valence-electron chi connectivity index (χ0n) is 16.3. The van der Waals surface area contributed by atoms with Gasteiger partial charge in [-0.05, 0) is 48.0 Å². The molecule has 0 atom stereocenters. The number of fused-ring (bicyclic) bond motifs is 1. The Labute approximate surface area is 165 Å². The standard InChI is InChI=1S/C22H26N2O4/c1-26-19-3-5-20(6-4-19)28-16-22(25)24-11-9-23(10-12-24)15-17-2-7-21-18(14-17)8-13-27-21/h2-7,14H,8-13,15-16H2,1H3/p+1. The van der Waals surface area contributed by atoms with Crippen molar-refractivity contribution in [3.8, 4) is 17.2 Å². The Kier molecular flexibility index (Phi) is 5.67. The third kappa shape index (κ3) is 4.39. The number of methoxy groups -OCH3 is 1. The van der Waals surface area contributed by atoms with Gasteiger partial charge in [-0.2, -0.15) is 0 Å². The van der Waals surface area contributed by atoms with Gasteiger partial charge in [0.15, 0.2) is 6.61 Å². The zero-order chi connectivity index (χ0) is 19.3. The lowest BCUT2D eigenvalue weighted by molar-refractivity contribution is -0.917. The number of ether oxygens (including phenoxy) is 3. The summed E-state index contributed by atoms with van der Waals surface area (Å²) in [6.07, 6.45) is 1.01. The second-order valence-corrected chi connectivity index (χ2v) is 7.31. The summed E-state index contributed by atoms with van der Waals surface area (Å²) in [6, 6.07) is 13.8. The summed E-state index contributed by atoms with van der Waals surface area (Å²) < 4.78 is 16.3. The van der Waals surface area contributed by atoms with Crippen LogP contribution in [0.5, 0.6) is 17.2 Å². The number of amides is 1. The molecule has 0 aliphatic carbocycles. The molecule has 1 N–H and O–H groups in total. The van der Waals surface area contributed by atoms with Crippen LogP contribution in [0.3, 0.4) is 0 Å². The summed E-state index contributed by atoms with van der Waals surface area (Å²) in [5.41, 5.74) is 2.67. The molecule has 2 aliphatic heterocycles. The number of benzene rings is 2. The van der Waals surface area contributed by atoms with Gasteiger partial charge in [-0.1, -0.05) is 0 Å². The molecule has 0 unspecified atom stereocenters. The number of quaternary nitrogens is 1. The van der Waals surface area contributed by atoms with E-state index in [1.54, 1.807) is 7.11 Å². The minimum absolute atomic E-state index is 0.0459. The van der Waals surface area contributed by atoms with E-state index < -0.39 is 0 Å². The molecule has 0 spiro atoms. The smallest absolute Gasteiger partial charge is 0.260 e.